The highest BCUT2D eigenvalue weighted by Crippen LogP contribution is 2.24. The Morgan fingerprint density at radius 2 is 1.94 bits per heavy atom. The summed E-state index contributed by atoms with van der Waals surface area (Å²) in [5, 5.41) is 0. The van der Waals surface area contributed by atoms with Crippen molar-refractivity contribution in [2.75, 3.05) is 0 Å². The second-order valence-corrected chi connectivity index (χ2v) is 4.84. The van der Waals surface area contributed by atoms with Gasteiger partial charge in [0.1, 0.15) is 0 Å². The lowest BCUT2D eigenvalue weighted by atomic mass is 9.93. The number of nitrogens with zero attached hydrogens (tertiary/aromatic N) is 1. The summed E-state index contributed by atoms with van der Waals surface area (Å²) in [7, 11) is 0. The van der Waals surface area contributed by atoms with Crippen LogP contribution >= 0.6 is 0 Å². The van der Waals surface area contributed by atoms with Crippen molar-refractivity contribution in [1.82, 2.24) is 0 Å². The summed E-state index contributed by atoms with van der Waals surface area (Å²) in [6.07, 6.45) is 7.86. The predicted octanol–water partition coefficient (Wildman–Crippen LogP) is 5.53. The molecular weight excluding hydrogens is 206 g/mol. The molecule has 1 nitrogen and oxygen atoms in total. The molecule has 0 aliphatic carbocycles. The number of aliphatic imine (C=N–C) groups is 1. The number of allylic oxidation sites excluding steroid dienone is 3. The van der Waals surface area contributed by atoms with E-state index in [2.05, 4.69) is 39.3 Å². The lowest BCUT2D eigenvalue weighted by Gasteiger charge is -2.14. The van der Waals surface area contributed by atoms with Crippen LogP contribution in [0.3, 0.4) is 0 Å². The van der Waals surface area contributed by atoms with Crippen molar-refractivity contribution in [3.05, 3.63) is 23.4 Å². The molecule has 0 fully saturated rings. The summed E-state index contributed by atoms with van der Waals surface area (Å²) >= 11 is 0. The number of rotatable bonds is 8. The molecule has 0 aromatic heterocycles. The molecule has 0 radical (unpaired) electrons. The fraction of sp³-hybridized carbons (Fsp3) is 0.688. The second-order valence-electron chi connectivity index (χ2n) is 4.84. The summed E-state index contributed by atoms with van der Waals surface area (Å²) in [6.45, 7) is 15.0. The third-order valence-corrected chi connectivity index (χ3v) is 3.26. The summed E-state index contributed by atoms with van der Waals surface area (Å²) < 4.78 is 0. The van der Waals surface area contributed by atoms with Crippen LogP contribution in [0.2, 0.25) is 0 Å². The molecule has 0 N–H and O–H groups in total. The molecule has 0 aromatic rings. The minimum Gasteiger partial charge on any atom is -0.266 e. The zero-order valence-corrected chi connectivity index (χ0v) is 12.3. The van der Waals surface area contributed by atoms with Gasteiger partial charge in [0, 0.05) is 11.9 Å². The van der Waals surface area contributed by atoms with E-state index < -0.39 is 0 Å². The van der Waals surface area contributed by atoms with E-state index in [9.17, 15) is 0 Å². The van der Waals surface area contributed by atoms with Gasteiger partial charge < -0.3 is 0 Å². The van der Waals surface area contributed by atoms with Gasteiger partial charge in [-0.3, -0.25) is 4.99 Å². The summed E-state index contributed by atoms with van der Waals surface area (Å²) in [6, 6.07) is 0. The first-order chi connectivity index (χ1) is 8.06. The molecule has 17 heavy (non-hydrogen) atoms. The van der Waals surface area contributed by atoms with Crippen molar-refractivity contribution in [3.63, 3.8) is 0 Å². The molecule has 1 heteroatoms. The van der Waals surface area contributed by atoms with Crippen LogP contribution in [-0.2, 0) is 0 Å². The highest BCUT2D eigenvalue weighted by atomic mass is 14.7. The molecule has 98 valence electrons. The second kappa shape index (κ2) is 9.21. The highest BCUT2D eigenvalue weighted by molar-refractivity contribution is 5.56. The van der Waals surface area contributed by atoms with Gasteiger partial charge in [0.05, 0.1) is 0 Å². The van der Waals surface area contributed by atoms with Crippen molar-refractivity contribution in [2.45, 2.75) is 66.7 Å². The van der Waals surface area contributed by atoms with Gasteiger partial charge in [0.15, 0.2) is 0 Å². The largest absolute Gasteiger partial charge is 0.266 e. The van der Waals surface area contributed by atoms with Crippen LogP contribution in [-0.4, -0.2) is 6.21 Å². The molecule has 0 saturated carbocycles. The first-order valence-electron chi connectivity index (χ1n) is 6.93. The van der Waals surface area contributed by atoms with Gasteiger partial charge in [-0.25, -0.2) is 0 Å². The smallest absolute Gasteiger partial charge is 0.0402 e. The SMILES string of the molecule is C=C(CCC(C)CCC)/C(CC)=C(/C)N=CC. The van der Waals surface area contributed by atoms with Crippen LogP contribution in [0, 0.1) is 5.92 Å². The molecule has 0 aliphatic rings. The van der Waals surface area contributed by atoms with Gasteiger partial charge in [-0.15, -0.1) is 0 Å². The minimum atomic E-state index is 0.810. The third-order valence-electron chi connectivity index (χ3n) is 3.26. The molecular formula is C16H29N. The summed E-state index contributed by atoms with van der Waals surface area (Å²) in [5.41, 5.74) is 3.74. The number of hydrogen-bond acceptors (Lipinski definition) is 1. The monoisotopic (exact) mass is 235 g/mol. The zero-order valence-electron chi connectivity index (χ0n) is 12.3. The summed E-state index contributed by atoms with van der Waals surface area (Å²) in [4.78, 5) is 4.37. The van der Waals surface area contributed by atoms with E-state index in [1.807, 2.05) is 13.1 Å². The van der Waals surface area contributed by atoms with E-state index in [1.165, 1.54) is 30.4 Å². The standard InChI is InChI=1S/C16H29N/c1-7-10-13(4)11-12-14(5)16(8-2)15(6)17-9-3/h9,13H,5,7-8,10-12H2,1-4,6H3/b16-15-,17-9?. The maximum absolute atomic E-state index is 4.37. The van der Waals surface area contributed by atoms with E-state index in [-0.39, 0.29) is 0 Å². The van der Waals surface area contributed by atoms with E-state index in [1.54, 1.807) is 0 Å². The van der Waals surface area contributed by atoms with Crippen molar-refractivity contribution < 1.29 is 0 Å². The van der Waals surface area contributed by atoms with Crippen molar-refractivity contribution in [1.29, 1.82) is 0 Å². The fourth-order valence-corrected chi connectivity index (χ4v) is 2.24. The average Bonchev–Trinajstić information content (AvgIpc) is 2.28. The van der Waals surface area contributed by atoms with Gasteiger partial charge in [0.2, 0.25) is 0 Å². The maximum atomic E-state index is 4.37. The molecule has 0 aliphatic heterocycles. The van der Waals surface area contributed by atoms with Crippen LogP contribution in [0.4, 0.5) is 0 Å². The Labute approximate surface area is 108 Å². The Morgan fingerprint density at radius 3 is 2.41 bits per heavy atom. The fourth-order valence-electron chi connectivity index (χ4n) is 2.24. The highest BCUT2D eigenvalue weighted by Gasteiger charge is 2.07. The Kier molecular flexibility index (Phi) is 8.75. The Morgan fingerprint density at radius 1 is 1.29 bits per heavy atom. The lowest BCUT2D eigenvalue weighted by Crippen LogP contribution is -1.97. The van der Waals surface area contributed by atoms with Gasteiger partial charge in [-0.05, 0) is 44.6 Å². The molecule has 0 amide bonds. The van der Waals surface area contributed by atoms with Crippen LogP contribution in [0.15, 0.2) is 28.4 Å². The van der Waals surface area contributed by atoms with Crippen molar-refractivity contribution >= 4 is 6.21 Å². The maximum Gasteiger partial charge on any atom is 0.0402 e. The minimum absolute atomic E-state index is 0.810. The van der Waals surface area contributed by atoms with E-state index in [4.69, 9.17) is 0 Å². The van der Waals surface area contributed by atoms with Crippen LogP contribution in [0.5, 0.6) is 0 Å². The van der Waals surface area contributed by atoms with Crippen LogP contribution < -0.4 is 0 Å². The number of hydrogen-bond donors (Lipinski definition) is 0. The van der Waals surface area contributed by atoms with E-state index in [0.29, 0.717) is 0 Å². The molecule has 0 saturated heterocycles. The van der Waals surface area contributed by atoms with Crippen LogP contribution in [0.1, 0.15) is 66.7 Å². The van der Waals surface area contributed by atoms with E-state index >= 15 is 0 Å². The molecule has 0 rings (SSSR count). The molecule has 0 heterocycles. The van der Waals surface area contributed by atoms with Crippen LogP contribution in [0.25, 0.3) is 0 Å². The zero-order chi connectivity index (χ0) is 13.3. The predicted molar refractivity (Wildman–Crippen MR) is 79.6 cm³/mol. The Hall–Kier alpha value is -0.850. The van der Waals surface area contributed by atoms with Gasteiger partial charge in [-0.2, -0.15) is 0 Å². The quantitative estimate of drug-likeness (QED) is 0.387. The molecule has 1 unspecified atom stereocenters. The molecule has 0 bridgehead atoms. The average molecular weight is 235 g/mol. The molecule has 0 aromatic carbocycles. The Bertz CT molecular complexity index is 284. The Balaban J connectivity index is 4.42. The molecule has 0 spiro atoms. The topological polar surface area (TPSA) is 12.4 Å². The van der Waals surface area contributed by atoms with Gasteiger partial charge in [0.25, 0.3) is 0 Å². The third kappa shape index (κ3) is 6.45. The van der Waals surface area contributed by atoms with Crippen molar-refractivity contribution in [2.24, 2.45) is 10.9 Å². The lowest BCUT2D eigenvalue weighted by molar-refractivity contribution is 0.486. The van der Waals surface area contributed by atoms with E-state index in [0.717, 1.165) is 24.5 Å². The molecule has 1 atom stereocenters. The normalized spacial score (nSPS) is 14.9. The first-order valence-corrected chi connectivity index (χ1v) is 6.93. The summed E-state index contributed by atoms with van der Waals surface area (Å²) in [5.74, 6) is 0.810. The van der Waals surface area contributed by atoms with Gasteiger partial charge >= 0.3 is 0 Å². The first kappa shape index (κ1) is 16.1. The van der Waals surface area contributed by atoms with Crippen molar-refractivity contribution in [3.8, 4) is 0 Å². The van der Waals surface area contributed by atoms with Gasteiger partial charge in [-0.1, -0.05) is 45.8 Å².